The van der Waals surface area contributed by atoms with Crippen LogP contribution in [0.4, 0.5) is 0 Å². The molecule has 1 aromatic carbocycles. The van der Waals surface area contributed by atoms with E-state index in [2.05, 4.69) is 62.2 Å². The number of nitrogens with zero attached hydrogens (tertiary/aromatic N) is 1. The topological polar surface area (TPSA) is 15.3 Å². The van der Waals surface area contributed by atoms with Crippen molar-refractivity contribution in [3.8, 4) is 0 Å². The maximum absolute atomic E-state index is 3.65. The highest BCUT2D eigenvalue weighted by atomic mass is 15.2. The molecule has 106 valence electrons. The van der Waals surface area contributed by atoms with Crippen LogP contribution in [0, 0.1) is 5.41 Å². The molecule has 2 rings (SSSR count). The van der Waals surface area contributed by atoms with Gasteiger partial charge in [-0.25, -0.2) is 0 Å². The number of nitrogens with one attached hydrogen (secondary N) is 1. The first-order valence-electron chi connectivity index (χ1n) is 7.53. The Morgan fingerprint density at radius 3 is 2.53 bits per heavy atom. The van der Waals surface area contributed by atoms with Gasteiger partial charge in [0.2, 0.25) is 0 Å². The second kappa shape index (κ2) is 6.06. The van der Waals surface area contributed by atoms with Gasteiger partial charge < -0.3 is 5.32 Å². The Kier molecular flexibility index (Phi) is 4.64. The van der Waals surface area contributed by atoms with Gasteiger partial charge in [-0.05, 0) is 29.5 Å². The summed E-state index contributed by atoms with van der Waals surface area (Å²) < 4.78 is 0. The molecule has 0 radical (unpaired) electrons. The minimum atomic E-state index is 0.312. The Balaban J connectivity index is 2.01. The van der Waals surface area contributed by atoms with Crippen molar-refractivity contribution in [2.75, 3.05) is 19.6 Å². The van der Waals surface area contributed by atoms with Crippen molar-refractivity contribution in [1.82, 2.24) is 10.2 Å². The van der Waals surface area contributed by atoms with E-state index in [1.807, 2.05) is 0 Å². The number of hydrogen-bond acceptors (Lipinski definition) is 2. The average Bonchev–Trinajstić information content (AvgIpc) is 2.37. The summed E-state index contributed by atoms with van der Waals surface area (Å²) in [6, 6.07) is 9.43. The van der Waals surface area contributed by atoms with E-state index in [1.54, 1.807) is 0 Å². The standard InChI is InChI=1S/C17H28N2/c1-5-18-16(17(2,3)4)13-19-11-10-14-8-6-7-9-15(14)12-19/h6-9,16,18H,5,10-13H2,1-4H3. The smallest absolute Gasteiger partial charge is 0.0243 e. The van der Waals surface area contributed by atoms with Crippen LogP contribution in [0.5, 0.6) is 0 Å². The summed E-state index contributed by atoms with van der Waals surface area (Å²) in [4.78, 5) is 2.60. The van der Waals surface area contributed by atoms with Crippen molar-refractivity contribution in [3.63, 3.8) is 0 Å². The van der Waals surface area contributed by atoms with E-state index >= 15 is 0 Å². The molecule has 1 atom stereocenters. The zero-order valence-corrected chi connectivity index (χ0v) is 12.9. The summed E-state index contributed by atoms with van der Waals surface area (Å²) in [6.45, 7) is 13.7. The maximum atomic E-state index is 3.65. The number of likely N-dealkylation sites (N-methyl/N-ethyl adjacent to an activating group) is 1. The number of benzene rings is 1. The van der Waals surface area contributed by atoms with E-state index in [0.29, 0.717) is 11.5 Å². The summed E-state index contributed by atoms with van der Waals surface area (Å²) in [7, 11) is 0. The van der Waals surface area contributed by atoms with Crippen molar-refractivity contribution in [2.45, 2.75) is 46.7 Å². The van der Waals surface area contributed by atoms with Gasteiger partial charge in [-0.2, -0.15) is 0 Å². The van der Waals surface area contributed by atoms with Gasteiger partial charge in [0, 0.05) is 25.7 Å². The third-order valence-electron chi connectivity index (χ3n) is 4.15. The lowest BCUT2D eigenvalue weighted by Crippen LogP contribution is -2.49. The Morgan fingerprint density at radius 1 is 1.21 bits per heavy atom. The molecule has 0 spiro atoms. The molecule has 0 saturated heterocycles. The fourth-order valence-corrected chi connectivity index (χ4v) is 2.86. The third-order valence-corrected chi connectivity index (χ3v) is 4.15. The number of rotatable bonds is 4. The maximum Gasteiger partial charge on any atom is 0.0243 e. The molecule has 0 fully saturated rings. The van der Waals surface area contributed by atoms with E-state index in [0.717, 1.165) is 19.6 Å². The van der Waals surface area contributed by atoms with Crippen molar-refractivity contribution >= 4 is 0 Å². The van der Waals surface area contributed by atoms with E-state index in [1.165, 1.54) is 24.1 Å². The molecule has 1 unspecified atom stereocenters. The third kappa shape index (κ3) is 3.80. The van der Waals surface area contributed by atoms with Gasteiger partial charge in [0.05, 0.1) is 0 Å². The molecule has 1 aliphatic heterocycles. The van der Waals surface area contributed by atoms with Gasteiger partial charge in [-0.15, -0.1) is 0 Å². The predicted molar refractivity (Wildman–Crippen MR) is 82.3 cm³/mol. The van der Waals surface area contributed by atoms with Crippen molar-refractivity contribution < 1.29 is 0 Å². The molecule has 1 heterocycles. The fourth-order valence-electron chi connectivity index (χ4n) is 2.86. The number of hydrogen-bond donors (Lipinski definition) is 1. The highest BCUT2D eigenvalue weighted by Crippen LogP contribution is 2.23. The Labute approximate surface area is 118 Å². The first-order chi connectivity index (χ1) is 9.00. The van der Waals surface area contributed by atoms with Crippen LogP contribution in [0.2, 0.25) is 0 Å². The van der Waals surface area contributed by atoms with E-state index in [4.69, 9.17) is 0 Å². The van der Waals surface area contributed by atoms with Gasteiger partial charge in [0.15, 0.2) is 0 Å². The van der Waals surface area contributed by atoms with Crippen LogP contribution in [0.15, 0.2) is 24.3 Å². The van der Waals surface area contributed by atoms with E-state index in [9.17, 15) is 0 Å². The van der Waals surface area contributed by atoms with E-state index in [-0.39, 0.29) is 0 Å². The molecule has 0 aromatic heterocycles. The molecule has 1 N–H and O–H groups in total. The minimum Gasteiger partial charge on any atom is -0.312 e. The molecular weight excluding hydrogens is 232 g/mol. The summed E-state index contributed by atoms with van der Waals surface area (Å²) in [5, 5.41) is 3.65. The van der Waals surface area contributed by atoms with Gasteiger partial charge in [-0.1, -0.05) is 52.0 Å². The fraction of sp³-hybridized carbons (Fsp3) is 0.647. The second-order valence-corrected chi connectivity index (χ2v) is 6.73. The van der Waals surface area contributed by atoms with Crippen LogP contribution < -0.4 is 5.32 Å². The Bertz CT molecular complexity index is 406. The first-order valence-corrected chi connectivity index (χ1v) is 7.53. The first kappa shape index (κ1) is 14.5. The highest BCUT2D eigenvalue weighted by Gasteiger charge is 2.27. The molecule has 19 heavy (non-hydrogen) atoms. The zero-order valence-electron chi connectivity index (χ0n) is 12.9. The number of fused-ring (bicyclic) bond motifs is 1. The lowest BCUT2D eigenvalue weighted by atomic mass is 9.86. The summed E-state index contributed by atoms with van der Waals surface area (Å²) in [5.74, 6) is 0. The monoisotopic (exact) mass is 260 g/mol. The average molecular weight is 260 g/mol. The quantitative estimate of drug-likeness (QED) is 0.895. The summed E-state index contributed by atoms with van der Waals surface area (Å²) in [6.07, 6.45) is 1.19. The largest absolute Gasteiger partial charge is 0.312 e. The van der Waals surface area contributed by atoms with Gasteiger partial charge >= 0.3 is 0 Å². The summed E-state index contributed by atoms with van der Waals surface area (Å²) in [5.41, 5.74) is 3.36. The van der Waals surface area contributed by atoms with Gasteiger partial charge in [-0.3, -0.25) is 4.90 Å². The minimum absolute atomic E-state index is 0.312. The Morgan fingerprint density at radius 2 is 1.89 bits per heavy atom. The molecule has 0 bridgehead atoms. The lowest BCUT2D eigenvalue weighted by molar-refractivity contribution is 0.163. The summed E-state index contributed by atoms with van der Waals surface area (Å²) >= 11 is 0. The Hall–Kier alpha value is -0.860. The van der Waals surface area contributed by atoms with Crippen LogP contribution >= 0.6 is 0 Å². The van der Waals surface area contributed by atoms with Crippen LogP contribution in [-0.4, -0.2) is 30.6 Å². The molecule has 1 aliphatic rings. The molecular formula is C17H28N2. The molecule has 2 heteroatoms. The van der Waals surface area contributed by atoms with Crippen molar-refractivity contribution in [1.29, 1.82) is 0 Å². The molecule has 0 saturated carbocycles. The molecule has 0 aliphatic carbocycles. The van der Waals surface area contributed by atoms with Crippen LogP contribution in [-0.2, 0) is 13.0 Å². The second-order valence-electron chi connectivity index (χ2n) is 6.73. The normalized spacial score (nSPS) is 18.1. The van der Waals surface area contributed by atoms with Gasteiger partial charge in [0.25, 0.3) is 0 Å². The predicted octanol–water partition coefficient (Wildman–Crippen LogP) is 3.07. The molecule has 1 aromatic rings. The zero-order chi connectivity index (χ0) is 13.9. The van der Waals surface area contributed by atoms with Crippen LogP contribution in [0.1, 0.15) is 38.8 Å². The lowest BCUT2D eigenvalue weighted by Gasteiger charge is -2.38. The molecule has 2 nitrogen and oxygen atoms in total. The van der Waals surface area contributed by atoms with Gasteiger partial charge in [0.1, 0.15) is 0 Å². The van der Waals surface area contributed by atoms with E-state index < -0.39 is 0 Å². The van der Waals surface area contributed by atoms with Crippen LogP contribution in [0.25, 0.3) is 0 Å². The molecule has 0 amide bonds. The SMILES string of the molecule is CCNC(CN1CCc2ccccc2C1)C(C)(C)C. The van der Waals surface area contributed by atoms with Crippen molar-refractivity contribution in [2.24, 2.45) is 5.41 Å². The van der Waals surface area contributed by atoms with Crippen molar-refractivity contribution in [3.05, 3.63) is 35.4 Å². The van der Waals surface area contributed by atoms with Crippen LogP contribution in [0.3, 0.4) is 0 Å². The highest BCUT2D eigenvalue weighted by molar-refractivity contribution is 5.29.